The number of rotatable bonds is 3. The fraction of sp³-hybridized carbons (Fsp3) is 0.364. The van der Waals surface area contributed by atoms with Crippen molar-refractivity contribution in [2.75, 3.05) is 18.0 Å². The second-order valence-electron chi connectivity index (χ2n) is 7.41. The molecule has 1 aliphatic heterocycles. The maximum Gasteiger partial charge on any atom is 0.323 e. The van der Waals surface area contributed by atoms with Crippen molar-refractivity contribution in [3.05, 3.63) is 59.2 Å². The van der Waals surface area contributed by atoms with E-state index in [1.54, 1.807) is 24.3 Å². The molecule has 2 aromatic rings. The molecule has 138 valence electrons. The first-order chi connectivity index (χ1) is 13.2. The Hall–Kier alpha value is -2.84. The van der Waals surface area contributed by atoms with Crippen molar-refractivity contribution < 1.29 is 4.79 Å². The highest BCUT2D eigenvalue weighted by molar-refractivity contribution is 5.98. The van der Waals surface area contributed by atoms with Gasteiger partial charge in [-0.3, -0.25) is 9.80 Å². The number of benzene rings is 2. The molecule has 1 aliphatic carbocycles. The van der Waals surface area contributed by atoms with Crippen LogP contribution in [0.25, 0.3) is 0 Å². The summed E-state index contributed by atoms with van der Waals surface area (Å²) >= 11 is 0. The van der Waals surface area contributed by atoms with Crippen LogP contribution >= 0.6 is 0 Å². The second kappa shape index (κ2) is 7.42. The minimum Gasteiger partial charge on any atom is -0.351 e. The summed E-state index contributed by atoms with van der Waals surface area (Å²) in [4.78, 5) is 16.3. The Kier molecular flexibility index (Phi) is 4.83. The molecule has 0 saturated heterocycles. The molecule has 2 N–H and O–H groups in total. The average Bonchev–Trinajstić information content (AvgIpc) is 2.83. The molecule has 0 unspecified atom stereocenters. The quantitative estimate of drug-likeness (QED) is 0.906. The van der Waals surface area contributed by atoms with Crippen LogP contribution in [0.3, 0.4) is 0 Å². The molecule has 0 radical (unpaired) electrons. The van der Waals surface area contributed by atoms with Gasteiger partial charge in [-0.2, -0.15) is 5.26 Å². The topological polar surface area (TPSA) is 73.4 Å². The Balaban J connectivity index is 1.60. The van der Waals surface area contributed by atoms with E-state index in [2.05, 4.69) is 23.1 Å². The van der Waals surface area contributed by atoms with E-state index < -0.39 is 6.03 Å². The summed E-state index contributed by atoms with van der Waals surface area (Å²) in [6, 6.07) is 15.5. The number of nitrogens with two attached hydrogens (primary N) is 1. The van der Waals surface area contributed by atoms with E-state index in [1.165, 1.54) is 35.3 Å². The zero-order valence-electron chi connectivity index (χ0n) is 15.4. The summed E-state index contributed by atoms with van der Waals surface area (Å²) in [5, 5.41) is 8.98. The second-order valence-corrected chi connectivity index (χ2v) is 7.41. The van der Waals surface area contributed by atoms with E-state index in [4.69, 9.17) is 11.0 Å². The Morgan fingerprint density at radius 1 is 1.04 bits per heavy atom. The van der Waals surface area contributed by atoms with Gasteiger partial charge < -0.3 is 5.73 Å². The predicted octanol–water partition coefficient (Wildman–Crippen LogP) is 3.73. The molecule has 1 heterocycles. The molecule has 2 aliphatic rings. The minimum atomic E-state index is -0.524. The third-order valence-corrected chi connectivity index (χ3v) is 5.85. The number of primary amides is 1. The largest absolute Gasteiger partial charge is 0.351 e. The number of fused-ring (bicyclic) bond motifs is 1. The van der Waals surface area contributed by atoms with E-state index in [-0.39, 0.29) is 0 Å². The van der Waals surface area contributed by atoms with E-state index in [0.29, 0.717) is 11.3 Å². The molecule has 0 bridgehead atoms. The summed E-state index contributed by atoms with van der Waals surface area (Å²) in [7, 11) is 0. The average molecular weight is 360 g/mol. The van der Waals surface area contributed by atoms with Crippen LogP contribution in [0.15, 0.2) is 42.5 Å². The maximum atomic E-state index is 12.2. The number of urea groups is 1. The highest BCUT2D eigenvalue weighted by Crippen LogP contribution is 2.31. The molecule has 2 aromatic carbocycles. The Morgan fingerprint density at radius 3 is 2.30 bits per heavy atom. The highest BCUT2D eigenvalue weighted by Gasteiger charge is 2.26. The van der Waals surface area contributed by atoms with Crippen LogP contribution in [0.5, 0.6) is 0 Å². The summed E-state index contributed by atoms with van der Waals surface area (Å²) in [5.41, 5.74) is 10.4. The van der Waals surface area contributed by atoms with E-state index in [9.17, 15) is 4.79 Å². The molecule has 27 heavy (non-hydrogen) atoms. The van der Waals surface area contributed by atoms with Gasteiger partial charge >= 0.3 is 6.03 Å². The molecule has 5 heteroatoms. The van der Waals surface area contributed by atoms with Gasteiger partial charge in [0.15, 0.2) is 0 Å². The first-order valence-electron chi connectivity index (χ1n) is 9.61. The van der Waals surface area contributed by atoms with Crippen LogP contribution in [0.1, 0.15) is 36.0 Å². The van der Waals surface area contributed by atoms with Crippen molar-refractivity contribution in [2.24, 2.45) is 5.73 Å². The highest BCUT2D eigenvalue weighted by atomic mass is 16.2. The molecular weight excluding hydrogens is 336 g/mol. The van der Waals surface area contributed by atoms with Gasteiger partial charge in [-0.05, 0) is 73.2 Å². The third kappa shape index (κ3) is 3.54. The summed E-state index contributed by atoms with van der Waals surface area (Å²) in [6.45, 7) is 2.20. The smallest absolute Gasteiger partial charge is 0.323 e. The van der Waals surface area contributed by atoms with Gasteiger partial charge in [-0.15, -0.1) is 0 Å². The number of nitriles is 1. The van der Waals surface area contributed by atoms with Gasteiger partial charge in [-0.25, -0.2) is 4.79 Å². The lowest BCUT2D eigenvalue weighted by molar-refractivity contribution is 0.133. The van der Waals surface area contributed by atoms with Crippen LogP contribution in [-0.2, 0) is 12.8 Å². The van der Waals surface area contributed by atoms with Gasteiger partial charge in [0.05, 0.1) is 23.0 Å². The standard InChI is InChI=1S/C22H24N4O/c23-15-16-4-7-20(8-5-16)26(22(24)27)21-9-6-17-10-12-25(19-2-1-3-19)13-11-18(17)14-21/h4-9,14,19H,1-3,10-13H2,(H2,24,27). The van der Waals surface area contributed by atoms with Crippen LogP contribution in [0.2, 0.25) is 0 Å². The number of hydrogen-bond acceptors (Lipinski definition) is 3. The summed E-state index contributed by atoms with van der Waals surface area (Å²) < 4.78 is 0. The van der Waals surface area contributed by atoms with Crippen LogP contribution in [0.4, 0.5) is 16.2 Å². The fourth-order valence-corrected chi connectivity index (χ4v) is 4.07. The normalized spacial score (nSPS) is 17.3. The number of carbonyl (C=O) groups excluding carboxylic acids is 1. The number of nitrogens with zero attached hydrogens (tertiary/aromatic N) is 3. The van der Waals surface area contributed by atoms with Crippen molar-refractivity contribution in [1.82, 2.24) is 4.90 Å². The van der Waals surface area contributed by atoms with Crippen LogP contribution < -0.4 is 10.6 Å². The number of amides is 2. The van der Waals surface area contributed by atoms with E-state index in [0.717, 1.165) is 37.7 Å². The lowest BCUT2D eigenvalue weighted by Gasteiger charge is -2.36. The lowest BCUT2D eigenvalue weighted by atomic mass is 9.91. The summed E-state index contributed by atoms with van der Waals surface area (Å²) in [5.74, 6) is 0. The zero-order valence-corrected chi connectivity index (χ0v) is 15.4. The molecule has 0 atom stereocenters. The van der Waals surface area contributed by atoms with Crippen molar-refractivity contribution in [1.29, 1.82) is 5.26 Å². The number of anilines is 2. The van der Waals surface area contributed by atoms with E-state index >= 15 is 0 Å². The third-order valence-electron chi connectivity index (χ3n) is 5.85. The van der Waals surface area contributed by atoms with Crippen LogP contribution in [0, 0.1) is 11.3 Å². The molecule has 0 spiro atoms. The molecule has 5 nitrogen and oxygen atoms in total. The maximum absolute atomic E-state index is 12.2. The Labute approximate surface area is 160 Å². The Bertz CT molecular complexity index is 880. The molecule has 4 rings (SSSR count). The van der Waals surface area contributed by atoms with Crippen molar-refractivity contribution in [3.63, 3.8) is 0 Å². The van der Waals surface area contributed by atoms with Crippen molar-refractivity contribution >= 4 is 17.4 Å². The molecule has 0 aromatic heterocycles. The van der Waals surface area contributed by atoms with Crippen molar-refractivity contribution in [2.45, 2.75) is 38.1 Å². The van der Waals surface area contributed by atoms with Gasteiger partial charge in [0.1, 0.15) is 0 Å². The predicted molar refractivity (Wildman–Crippen MR) is 106 cm³/mol. The monoisotopic (exact) mass is 360 g/mol. The van der Waals surface area contributed by atoms with Gasteiger partial charge in [0.25, 0.3) is 0 Å². The minimum absolute atomic E-state index is 0.524. The first-order valence-corrected chi connectivity index (χ1v) is 9.61. The van der Waals surface area contributed by atoms with Gasteiger partial charge in [-0.1, -0.05) is 12.5 Å². The molecular formula is C22H24N4O. The number of hydrogen-bond donors (Lipinski definition) is 1. The molecule has 1 saturated carbocycles. The SMILES string of the molecule is N#Cc1ccc(N(C(N)=O)c2ccc3c(c2)CCN(C2CCC2)CC3)cc1. The van der Waals surface area contributed by atoms with Crippen molar-refractivity contribution in [3.8, 4) is 6.07 Å². The van der Waals surface area contributed by atoms with Crippen LogP contribution in [-0.4, -0.2) is 30.1 Å². The summed E-state index contributed by atoms with van der Waals surface area (Å²) in [6.07, 6.45) is 6.07. The molecule has 2 amide bonds. The number of carbonyl (C=O) groups is 1. The molecule has 1 fully saturated rings. The fourth-order valence-electron chi connectivity index (χ4n) is 4.07. The first kappa shape index (κ1) is 17.6. The zero-order chi connectivity index (χ0) is 18.8. The van der Waals surface area contributed by atoms with E-state index in [1.807, 2.05) is 6.07 Å². The Morgan fingerprint density at radius 2 is 1.70 bits per heavy atom. The van der Waals surface area contributed by atoms with Gasteiger partial charge in [0, 0.05) is 19.1 Å². The lowest BCUT2D eigenvalue weighted by Crippen LogP contribution is -2.41. The van der Waals surface area contributed by atoms with Gasteiger partial charge in [0.2, 0.25) is 0 Å².